The molecule has 1 aliphatic rings. The van der Waals surface area contributed by atoms with Crippen LogP contribution in [0.3, 0.4) is 0 Å². The maximum Gasteiger partial charge on any atom is 0.354 e. The maximum atomic E-state index is 13.2. The van der Waals surface area contributed by atoms with Crippen LogP contribution in [0.15, 0.2) is 59.7 Å². The predicted molar refractivity (Wildman–Crippen MR) is 124 cm³/mol. The van der Waals surface area contributed by atoms with Gasteiger partial charge in [0.1, 0.15) is 11.8 Å². The molecular formula is C23H27N5O4. The number of esters is 1. The Morgan fingerprint density at radius 2 is 1.66 bits per heavy atom. The third kappa shape index (κ3) is 5.63. The van der Waals surface area contributed by atoms with Crippen LogP contribution >= 0.6 is 0 Å². The maximum absolute atomic E-state index is 13.2. The molecule has 9 nitrogen and oxygen atoms in total. The summed E-state index contributed by atoms with van der Waals surface area (Å²) >= 11 is 0. The number of ether oxygens (including phenoxy) is 1. The molecule has 0 fully saturated rings. The largest absolute Gasteiger partial charge is 0.461 e. The zero-order chi connectivity index (χ0) is 23.1. The lowest BCUT2D eigenvalue weighted by Crippen LogP contribution is -2.39. The molecule has 0 saturated heterocycles. The Bertz CT molecular complexity index is 1010. The smallest absolute Gasteiger partial charge is 0.354 e. The van der Waals surface area contributed by atoms with Gasteiger partial charge in [0.25, 0.3) is 0 Å². The minimum atomic E-state index is -0.755. The van der Waals surface area contributed by atoms with E-state index in [1.54, 1.807) is 31.2 Å². The number of hydrogen-bond donors (Lipinski definition) is 3. The summed E-state index contributed by atoms with van der Waals surface area (Å²) in [6.45, 7) is 5.64. The van der Waals surface area contributed by atoms with Crippen molar-refractivity contribution in [1.82, 2.24) is 5.32 Å². The molecular weight excluding hydrogens is 410 g/mol. The number of anilines is 3. The number of para-hydroxylation sites is 3. The average Bonchev–Trinajstić information content (AvgIpc) is 3.21. The zero-order valence-electron chi connectivity index (χ0n) is 18.3. The van der Waals surface area contributed by atoms with Gasteiger partial charge in [-0.25, -0.2) is 9.59 Å². The van der Waals surface area contributed by atoms with Gasteiger partial charge in [0, 0.05) is 12.5 Å². The van der Waals surface area contributed by atoms with E-state index in [0.717, 1.165) is 0 Å². The van der Waals surface area contributed by atoms with E-state index < -0.39 is 12.0 Å². The van der Waals surface area contributed by atoms with Crippen LogP contribution in [0.4, 0.5) is 21.9 Å². The Kier molecular flexibility index (Phi) is 7.43. The van der Waals surface area contributed by atoms with E-state index in [9.17, 15) is 14.4 Å². The number of carbonyl (C=O) groups excluding carboxylic acids is 3. The first-order valence-corrected chi connectivity index (χ1v) is 10.4. The van der Waals surface area contributed by atoms with E-state index in [1.165, 1.54) is 5.01 Å². The van der Waals surface area contributed by atoms with Gasteiger partial charge < -0.3 is 20.7 Å². The number of amides is 3. The highest BCUT2D eigenvalue weighted by Gasteiger charge is 2.37. The SMILES string of the molecule is CCOC(=O)C1=NN(c2ccccc2)C(C(=O)Nc2ccccc2NC(=O)NC(C)C)C1. The van der Waals surface area contributed by atoms with Crippen molar-refractivity contribution in [2.45, 2.75) is 39.3 Å². The fourth-order valence-electron chi connectivity index (χ4n) is 3.21. The zero-order valence-corrected chi connectivity index (χ0v) is 18.3. The molecule has 9 heteroatoms. The predicted octanol–water partition coefficient (Wildman–Crippen LogP) is 3.35. The van der Waals surface area contributed by atoms with Crippen LogP contribution in [-0.4, -0.2) is 42.3 Å². The van der Waals surface area contributed by atoms with Crippen LogP contribution in [0.1, 0.15) is 27.2 Å². The molecule has 32 heavy (non-hydrogen) atoms. The molecule has 0 radical (unpaired) electrons. The second-order valence-electron chi connectivity index (χ2n) is 7.46. The van der Waals surface area contributed by atoms with Crippen molar-refractivity contribution in [3.8, 4) is 0 Å². The number of nitrogens with zero attached hydrogens (tertiary/aromatic N) is 2. The van der Waals surface area contributed by atoms with Gasteiger partial charge in [0.05, 0.1) is 23.7 Å². The van der Waals surface area contributed by atoms with E-state index >= 15 is 0 Å². The van der Waals surface area contributed by atoms with E-state index in [0.29, 0.717) is 17.1 Å². The first-order valence-electron chi connectivity index (χ1n) is 10.4. The molecule has 168 valence electrons. The van der Waals surface area contributed by atoms with Crippen LogP contribution in [0, 0.1) is 0 Å². The molecule has 1 heterocycles. The molecule has 0 spiro atoms. The van der Waals surface area contributed by atoms with Crippen LogP contribution in [-0.2, 0) is 14.3 Å². The highest BCUT2D eigenvalue weighted by atomic mass is 16.5. The van der Waals surface area contributed by atoms with Gasteiger partial charge in [-0.15, -0.1) is 0 Å². The lowest BCUT2D eigenvalue weighted by molar-refractivity contribution is -0.135. The standard InChI is InChI=1S/C23H27N5O4/c1-4-32-22(30)19-14-20(28(27-19)16-10-6-5-7-11-16)21(29)25-17-12-8-9-13-18(17)26-23(31)24-15(2)3/h5-13,15,20H,4,14H2,1-3H3,(H,25,29)(H2,24,26,31). The van der Waals surface area contributed by atoms with Crippen LogP contribution in [0.2, 0.25) is 0 Å². The minimum Gasteiger partial charge on any atom is -0.461 e. The summed E-state index contributed by atoms with van der Waals surface area (Å²) < 4.78 is 5.07. The van der Waals surface area contributed by atoms with Gasteiger partial charge in [0.15, 0.2) is 0 Å². The molecule has 3 rings (SSSR count). The van der Waals surface area contributed by atoms with E-state index in [4.69, 9.17) is 4.74 Å². The summed E-state index contributed by atoms with van der Waals surface area (Å²) in [5.74, 6) is -0.911. The fraction of sp³-hybridized carbons (Fsp3) is 0.304. The highest BCUT2D eigenvalue weighted by molar-refractivity contribution is 6.38. The summed E-state index contributed by atoms with van der Waals surface area (Å²) in [7, 11) is 0. The molecule has 2 aromatic carbocycles. The molecule has 3 amide bonds. The summed E-state index contributed by atoms with van der Waals surface area (Å²) in [6.07, 6.45) is 0.100. The lowest BCUT2D eigenvalue weighted by atomic mass is 10.1. The molecule has 0 aliphatic carbocycles. The Hall–Kier alpha value is -3.88. The first kappa shape index (κ1) is 22.8. The fourth-order valence-corrected chi connectivity index (χ4v) is 3.21. The number of rotatable bonds is 7. The number of hydrazone groups is 1. The normalized spacial score (nSPS) is 15.2. The third-order valence-corrected chi connectivity index (χ3v) is 4.60. The number of carbonyl (C=O) groups is 3. The van der Waals surface area contributed by atoms with Crippen LogP contribution in [0.25, 0.3) is 0 Å². The van der Waals surface area contributed by atoms with E-state index in [1.807, 2.05) is 44.2 Å². The van der Waals surface area contributed by atoms with E-state index in [-0.39, 0.29) is 36.7 Å². The van der Waals surface area contributed by atoms with Crippen molar-refractivity contribution in [3.05, 3.63) is 54.6 Å². The van der Waals surface area contributed by atoms with Gasteiger partial charge in [-0.3, -0.25) is 9.80 Å². The van der Waals surface area contributed by atoms with E-state index in [2.05, 4.69) is 21.1 Å². The number of benzene rings is 2. The minimum absolute atomic E-state index is 0.0341. The second-order valence-corrected chi connectivity index (χ2v) is 7.46. The molecule has 0 saturated carbocycles. The van der Waals surface area contributed by atoms with Gasteiger partial charge in [-0.05, 0) is 45.0 Å². The molecule has 0 aromatic heterocycles. The van der Waals surface area contributed by atoms with Gasteiger partial charge in [-0.2, -0.15) is 5.10 Å². The van der Waals surface area contributed by atoms with Crippen molar-refractivity contribution < 1.29 is 19.1 Å². The summed E-state index contributed by atoms with van der Waals surface area (Å²) in [5.41, 5.74) is 1.75. The second kappa shape index (κ2) is 10.4. The van der Waals surface area contributed by atoms with Gasteiger partial charge in [-0.1, -0.05) is 30.3 Å². The summed E-state index contributed by atoms with van der Waals surface area (Å²) in [6, 6.07) is 14.9. The third-order valence-electron chi connectivity index (χ3n) is 4.60. The van der Waals surface area contributed by atoms with Crippen LogP contribution in [0.5, 0.6) is 0 Å². The average molecular weight is 438 g/mol. The lowest BCUT2D eigenvalue weighted by Gasteiger charge is -2.23. The van der Waals surface area contributed by atoms with Crippen molar-refractivity contribution in [2.24, 2.45) is 5.10 Å². The molecule has 1 atom stereocenters. The Morgan fingerprint density at radius 3 is 2.28 bits per heavy atom. The summed E-state index contributed by atoms with van der Waals surface area (Å²) in [4.78, 5) is 37.6. The molecule has 1 unspecified atom stereocenters. The highest BCUT2D eigenvalue weighted by Crippen LogP contribution is 2.27. The molecule has 1 aliphatic heterocycles. The number of nitrogens with one attached hydrogen (secondary N) is 3. The van der Waals surface area contributed by atoms with Gasteiger partial charge >= 0.3 is 12.0 Å². The Balaban J connectivity index is 1.81. The first-order chi connectivity index (χ1) is 15.4. The van der Waals surface area contributed by atoms with Crippen molar-refractivity contribution in [2.75, 3.05) is 22.2 Å². The van der Waals surface area contributed by atoms with Crippen molar-refractivity contribution in [1.29, 1.82) is 0 Å². The van der Waals surface area contributed by atoms with Crippen molar-refractivity contribution >= 4 is 40.7 Å². The monoisotopic (exact) mass is 437 g/mol. The number of hydrogen-bond acceptors (Lipinski definition) is 6. The topological polar surface area (TPSA) is 112 Å². The quantitative estimate of drug-likeness (QED) is 0.575. The van der Waals surface area contributed by atoms with Crippen molar-refractivity contribution in [3.63, 3.8) is 0 Å². The summed E-state index contributed by atoms with van der Waals surface area (Å²) in [5, 5.41) is 14.2. The van der Waals surface area contributed by atoms with Gasteiger partial charge in [0.2, 0.25) is 5.91 Å². The Labute approximate surface area is 186 Å². The van der Waals surface area contributed by atoms with Crippen LogP contribution < -0.4 is 21.0 Å². The molecule has 2 aromatic rings. The number of urea groups is 1. The molecule has 3 N–H and O–H groups in total. The Morgan fingerprint density at radius 1 is 1.03 bits per heavy atom. The molecule has 0 bridgehead atoms.